The van der Waals surface area contributed by atoms with E-state index >= 15 is 0 Å². The van der Waals surface area contributed by atoms with Crippen LogP contribution in [0.5, 0.6) is 0 Å². The molecule has 1 aromatic carbocycles. The highest BCUT2D eigenvalue weighted by Gasteiger charge is 2.28. The van der Waals surface area contributed by atoms with E-state index < -0.39 is 24.2 Å². The molecule has 1 aromatic rings. The van der Waals surface area contributed by atoms with Gasteiger partial charge in [0.1, 0.15) is 6.10 Å². The number of aliphatic hydroxyl groups is 3. The minimum atomic E-state index is -0.993. The third-order valence-electron chi connectivity index (χ3n) is 3.02. The molecule has 0 radical (unpaired) electrons. The SMILES string of the molecule is C=CC[C@H](O)[C@H](C)[C@@H](O)[C@@H](O)c1ccccc1. The molecule has 3 heteroatoms. The van der Waals surface area contributed by atoms with Crippen molar-refractivity contribution in [2.75, 3.05) is 0 Å². The molecule has 0 saturated carbocycles. The van der Waals surface area contributed by atoms with Gasteiger partial charge in [-0.25, -0.2) is 0 Å². The molecule has 0 unspecified atom stereocenters. The summed E-state index contributed by atoms with van der Waals surface area (Å²) in [5.41, 5.74) is 0.651. The second-order valence-electron chi connectivity index (χ2n) is 4.30. The zero-order valence-corrected chi connectivity index (χ0v) is 10.0. The van der Waals surface area contributed by atoms with Crippen LogP contribution in [0.4, 0.5) is 0 Å². The van der Waals surface area contributed by atoms with Gasteiger partial charge in [0.2, 0.25) is 0 Å². The first-order valence-corrected chi connectivity index (χ1v) is 5.78. The molecule has 94 valence electrons. The smallest absolute Gasteiger partial charge is 0.105 e. The normalized spacial score (nSPS) is 18.1. The quantitative estimate of drug-likeness (QED) is 0.658. The molecule has 4 atom stereocenters. The molecule has 0 saturated heterocycles. The summed E-state index contributed by atoms with van der Waals surface area (Å²) in [6.45, 7) is 5.25. The summed E-state index contributed by atoms with van der Waals surface area (Å²) in [4.78, 5) is 0. The van der Waals surface area contributed by atoms with E-state index in [0.717, 1.165) is 0 Å². The van der Waals surface area contributed by atoms with E-state index in [1.807, 2.05) is 6.07 Å². The van der Waals surface area contributed by atoms with E-state index in [1.54, 1.807) is 37.3 Å². The topological polar surface area (TPSA) is 60.7 Å². The summed E-state index contributed by atoms with van der Waals surface area (Å²) in [6.07, 6.45) is -0.665. The molecule has 1 rings (SSSR count). The van der Waals surface area contributed by atoms with Crippen LogP contribution in [0.2, 0.25) is 0 Å². The molecule has 3 N–H and O–H groups in total. The van der Waals surface area contributed by atoms with E-state index in [2.05, 4.69) is 6.58 Å². The van der Waals surface area contributed by atoms with Crippen LogP contribution in [0.3, 0.4) is 0 Å². The van der Waals surface area contributed by atoms with Gasteiger partial charge >= 0.3 is 0 Å². The number of aliphatic hydroxyl groups excluding tert-OH is 3. The van der Waals surface area contributed by atoms with Gasteiger partial charge in [0.05, 0.1) is 12.2 Å². The highest BCUT2D eigenvalue weighted by Crippen LogP contribution is 2.24. The number of benzene rings is 1. The average molecular weight is 236 g/mol. The van der Waals surface area contributed by atoms with E-state index in [4.69, 9.17) is 0 Å². The van der Waals surface area contributed by atoms with Gasteiger partial charge in [-0.3, -0.25) is 0 Å². The van der Waals surface area contributed by atoms with Crippen LogP contribution in [0.25, 0.3) is 0 Å². The van der Waals surface area contributed by atoms with Crippen LogP contribution in [0.15, 0.2) is 43.0 Å². The maximum absolute atomic E-state index is 9.99. The van der Waals surface area contributed by atoms with Crippen molar-refractivity contribution in [1.29, 1.82) is 0 Å². The van der Waals surface area contributed by atoms with Gasteiger partial charge in [0.15, 0.2) is 0 Å². The summed E-state index contributed by atoms with van der Waals surface area (Å²) >= 11 is 0. The molecule has 0 bridgehead atoms. The summed E-state index contributed by atoms with van der Waals surface area (Å²) in [6, 6.07) is 8.95. The van der Waals surface area contributed by atoms with Crippen molar-refractivity contribution in [3.05, 3.63) is 48.6 Å². The van der Waals surface area contributed by atoms with E-state index in [9.17, 15) is 15.3 Å². The lowest BCUT2D eigenvalue weighted by atomic mass is 9.89. The van der Waals surface area contributed by atoms with Crippen LogP contribution in [-0.4, -0.2) is 27.5 Å². The van der Waals surface area contributed by atoms with Crippen LogP contribution in [0, 0.1) is 5.92 Å². The summed E-state index contributed by atoms with van der Waals surface area (Å²) in [5.74, 6) is -0.414. The van der Waals surface area contributed by atoms with E-state index in [1.165, 1.54) is 0 Å². The molecular formula is C14H20O3. The maximum atomic E-state index is 9.99. The largest absolute Gasteiger partial charge is 0.392 e. The fourth-order valence-corrected chi connectivity index (χ4v) is 1.75. The van der Waals surface area contributed by atoms with Gasteiger partial charge in [0.25, 0.3) is 0 Å². The maximum Gasteiger partial charge on any atom is 0.105 e. The van der Waals surface area contributed by atoms with Crippen LogP contribution >= 0.6 is 0 Å². The Morgan fingerprint density at radius 3 is 2.29 bits per heavy atom. The highest BCUT2D eigenvalue weighted by molar-refractivity contribution is 5.18. The monoisotopic (exact) mass is 236 g/mol. The highest BCUT2D eigenvalue weighted by atomic mass is 16.3. The Labute approximate surface area is 102 Å². The molecule has 0 spiro atoms. The van der Waals surface area contributed by atoms with Crippen LogP contribution in [-0.2, 0) is 0 Å². The van der Waals surface area contributed by atoms with Crippen molar-refractivity contribution in [3.8, 4) is 0 Å². The fourth-order valence-electron chi connectivity index (χ4n) is 1.75. The third-order valence-corrected chi connectivity index (χ3v) is 3.02. The molecule has 0 aliphatic rings. The fraction of sp³-hybridized carbons (Fsp3) is 0.429. The molecule has 0 aromatic heterocycles. The Bertz CT molecular complexity index is 337. The van der Waals surface area contributed by atoms with E-state index in [-0.39, 0.29) is 0 Å². The second-order valence-corrected chi connectivity index (χ2v) is 4.30. The van der Waals surface area contributed by atoms with Gasteiger partial charge in [-0.2, -0.15) is 0 Å². The van der Waals surface area contributed by atoms with Crippen molar-refractivity contribution in [2.24, 2.45) is 5.92 Å². The predicted octanol–water partition coefficient (Wildman–Crippen LogP) is 1.65. The van der Waals surface area contributed by atoms with Crippen LogP contribution < -0.4 is 0 Å². The van der Waals surface area contributed by atoms with Gasteiger partial charge in [0, 0.05) is 5.92 Å². The minimum Gasteiger partial charge on any atom is -0.392 e. The average Bonchev–Trinajstić information content (AvgIpc) is 2.37. The van der Waals surface area contributed by atoms with Crippen molar-refractivity contribution in [1.82, 2.24) is 0 Å². The van der Waals surface area contributed by atoms with Gasteiger partial charge in [-0.1, -0.05) is 43.3 Å². The minimum absolute atomic E-state index is 0.403. The first-order chi connectivity index (χ1) is 8.07. The number of rotatable bonds is 6. The molecule has 0 amide bonds. The lowest BCUT2D eigenvalue weighted by Gasteiger charge is -2.27. The number of hydrogen-bond donors (Lipinski definition) is 3. The molecule has 0 heterocycles. The van der Waals surface area contributed by atoms with E-state index in [0.29, 0.717) is 12.0 Å². The summed E-state index contributed by atoms with van der Waals surface area (Å²) in [7, 11) is 0. The Morgan fingerprint density at radius 1 is 1.18 bits per heavy atom. The van der Waals surface area contributed by atoms with Gasteiger partial charge in [-0.15, -0.1) is 6.58 Å². The molecule has 0 aliphatic carbocycles. The molecular weight excluding hydrogens is 216 g/mol. The zero-order valence-electron chi connectivity index (χ0n) is 10.0. The van der Waals surface area contributed by atoms with Gasteiger partial charge in [-0.05, 0) is 12.0 Å². The molecule has 0 aliphatic heterocycles. The molecule has 0 fully saturated rings. The first-order valence-electron chi connectivity index (χ1n) is 5.78. The molecule has 3 nitrogen and oxygen atoms in total. The zero-order chi connectivity index (χ0) is 12.8. The lowest BCUT2D eigenvalue weighted by Crippen LogP contribution is -2.33. The van der Waals surface area contributed by atoms with Crippen molar-refractivity contribution in [2.45, 2.75) is 31.7 Å². The molecule has 17 heavy (non-hydrogen) atoms. The Balaban J connectivity index is 2.69. The third kappa shape index (κ3) is 3.66. The van der Waals surface area contributed by atoms with Gasteiger partial charge < -0.3 is 15.3 Å². The lowest BCUT2D eigenvalue weighted by molar-refractivity contribution is -0.0519. The summed E-state index contributed by atoms with van der Waals surface area (Å²) < 4.78 is 0. The number of hydrogen-bond acceptors (Lipinski definition) is 3. The van der Waals surface area contributed by atoms with Crippen molar-refractivity contribution in [3.63, 3.8) is 0 Å². The summed E-state index contributed by atoms with van der Waals surface area (Å²) in [5, 5.41) is 29.7. The first kappa shape index (κ1) is 13.9. The predicted molar refractivity (Wildman–Crippen MR) is 67.4 cm³/mol. The Morgan fingerprint density at radius 2 is 1.76 bits per heavy atom. The standard InChI is InChI=1S/C14H20O3/c1-3-7-12(15)10(2)13(16)14(17)11-8-5-4-6-9-11/h3-6,8-10,12-17H,1,7H2,2H3/t10-,12-,13+,14-/m0/s1. The van der Waals surface area contributed by atoms with Crippen molar-refractivity contribution < 1.29 is 15.3 Å². The second kappa shape index (κ2) is 6.55. The Kier molecular flexibility index (Phi) is 5.35. The van der Waals surface area contributed by atoms with Crippen molar-refractivity contribution >= 4 is 0 Å². The van der Waals surface area contributed by atoms with Crippen LogP contribution in [0.1, 0.15) is 25.0 Å². The Hall–Kier alpha value is -1.16.